The molecule has 1 aliphatic carbocycles. The maximum atomic E-state index is 12.6. The molecule has 0 fully saturated rings. The molecule has 0 bridgehead atoms. The van der Waals surface area contributed by atoms with E-state index in [1.165, 1.54) is 35.0 Å². The number of fused-ring (bicyclic) bond motifs is 3. The number of para-hydroxylation sites is 1. The van der Waals surface area contributed by atoms with E-state index in [1.807, 2.05) is 19.1 Å². The van der Waals surface area contributed by atoms with Crippen LogP contribution in [0, 0.1) is 12.8 Å². The van der Waals surface area contributed by atoms with Crippen LogP contribution in [0.25, 0.3) is 0 Å². The van der Waals surface area contributed by atoms with Crippen molar-refractivity contribution in [2.45, 2.75) is 30.2 Å². The molecule has 6 rings (SSSR count). The van der Waals surface area contributed by atoms with Crippen LogP contribution in [0.4, 0.5) is 11.4 Å². The minimum absolute atomic E-state index is 0.0695. The van der Waals surface area contributed by atoms with Crippen molar-refractivity contribution in [3.63, 3.8) is 0 Å². The second-order valence-electron chi connectivity index (χ2n) is 9.95. The zero-order valence-electron chi connectivity index (χ0n) is 21.3. The molecular weight excluding hydrogens is 528 g/mol. The quantitative estimate of drug-likeness (QED) is 0.149. The molecule has 0 saturated carbocycles. The van der Waals surface area contributed by atoms with E-state index in [2.05, 4.69) is 58.9 Å². The maximum Gasteiger partial charge on any atom is 0.339 e. The predicted molar refractivity (Wildman–Crippen MR) is 157 cm³/mol. The van der Waals surface area contributed by atoms with Gasteiger partial charge in [0.25, 0.3) is 0 Å². The number of halogens is 1. The van der Waals surface area contributed by atoms with Crippen LogP contribution in [0.15, 0.2) is 113 Å². The molecule has 0 unspecified atom stereocenters. The molecule has 196 valence electrons. The third kappa shape index (κ3) is 5.22. The fraction of sp³-hybridized carbons (Fsp3) is 0.156. The van der Waals surface area contributed by atoms with E-state index in [0.29, 0.717) is 11.8 Å². The number of allylic oxidation sites excluding steroid dienone is 2. The molecule has 7 heteroatoms. The van der Waals surface area contributed by atoms with Crippen molar-refractivity contribution in [3.8, 4) is 5.75 Å². The number of anilines is 1. The Morgan fingerprint density at radius 1 is 0.974 bits per heavy atom. The molecule has 5 nitrogen and oxygen atoms in total. The first-order valence-electron chi connectivity index (χ1n) is 12.8. The Bertz CT molecular complexity index is 1680. The number of nitrogens with one attached hydrogen (secondary N) is 1. The Morgan fingerprint density at radius 3 is 2.51 bits per heavy atom. The molecule has 1 aliphatic heterocycles. The minimum atomic E-state index is -3.98. The number of benzene rings is 4. The number of rotatable bonds is 6. The number of aryl methyl sites for hydroxylation is 1. The van der Waals surface area contributed by atoms with Crippen molar-refractivity contribution < 1.29 is 12.6 Å². The Morgan fingerprint density at radius 2 is 1.74 bits per heavy atom. The lowest BCUT2D eigenvalue weighted by molar-refractivity contribution is 0.425. The molecule has 1 heterocycles. The first-order valence-corrected chi connectivity index (χ1v) is 14.6. The van der Waals surface area contributed by atoms with Crippen LogP contribution in [0.2, 0.25) is 5.02 Å². The predicted octanol–water partition coefficient (Wildman–Crippen LogP) is 7.99. The molecule has 0 radical (unpaired) electrons. The molecule has 2 aliphatic rings. The summed E-state index contributed by atoms with van der Waals surface area (Å²) in [4.78, 5) is 4.67. The van der Waals surface area contributed by atoms with E-state index in [0.717, 1.165) is 23.2 Å². The van der Waals surface area contributed by atoms with Gasteiger partial charge in [0, 0.05) is 17.8 Å². The molecule has 0 saturated heterocycles. The van der Waals surface area contributed by atoms with E-state index < -0.39 is 10.1 Å². The Labute approximate surface area is 234 Å². The third-order valence-electron chi connectivity index (χ3n) is 7.35. The molecule has 3 atom stereocenters. The average molecular weight is 555 g/mol. The summed E-state index contributed by atoms with van der Waals surface area (Å²) in [5.41, 5.74) is 6.32. The van der Waals surface area contributed by atoms with E-state index >= 15 is 0 Å². The van der Waals surface area contributed by atoms with E-state index in [-0.39, 0.29) is 21.7 Å². The summed E-state index contributed by atoms with van der Waals surface area (Å²) in [7, 11) is -3.98. The maximum absolute atomic E-state index is 12.6. The van der Waals surface area contributed by atoms with Crippen LogP contribution in [0.1, 0.15) is 40.6 Å². The lowest BCUT2D eigenvalue weighted by Crippen LogP contribution is -2.28. The molecule has 4 aromatic carbocycles. The highest BCUT2D eigenvalue weighted by Crippen LogP contribution is 2.49. The molecule has 39 heavy (non-hydrogen) atoms. The second-order valence-corrected chi connectivity index (χ2v) is 11.9. The van der Waals surface area contributed by atoms with Gasteiger partial charge < -0.3 is 9.50 Å². The molecule has 0 amide bonds. The monoisotopic (exact) mass is 554 g/mol. The van der Waals surface area contributed by atoms with Crippen LogP contribution < -0.4 is 9.50 Å². The van der Waals surface area contributed by atoms with E-state index in [1.54, 1.807) is 30.5 Å². The zero-order valence-corrected chi connectivity index (χ0v) is 22.9. The minimum Gasteiger partial charge on any atom is -0.378 e. The summed E-state index contributed by atoms with van der Waals surface area (Å²) in [6, 6.07) is 28.4. The van der Waals surface area contributed by atoms with Gasteiger partial charge in [0.15, 0.2) is 5.75 Å². The number of nitrogens with zero attached hydrogens (tertiary/aromatic N) is 1. The largest absolute Gasteiger partial charge is 0.378 e. The fourth-order valence-electron chi connectivity index (χ4n) is 5.33. The normalized spacial score (nSPS) is 19.9. The van der Waals surface area contributed by atoms with Crippen LogP contribution in [-0.2, 0) is 10.1 Å². The lowest BCUT2D eigenvalue weighted by atomic mass is 9.77. The molecule has 4 aromatic rings. The zero-order chi connectivity index (χ0) is 27.0. The van der Waals surface area contributed by atoms with E-state index in [4.69, 9.17) is 15.8 Å². The smallest absolute Gasteiger partial charge is 0.339 e. The number of hydrogen-bond acceptors (Lipinski definition) is 5. The SMILES string of the molecule is Cc1ccc(S(=O)(=O)Oc2ccc(C=Nc3ccc([C@@H]4Nc5ccccc5[C@@H]5C=CC[C@H]54)cc3)cc2Cl)cc1. The molecular formula is C32H27ClN2O3S. The van der Waals surface area contributed by atoms with Crippen LogP contribution in [0.5, 0.6) is 5.75 Å². The number of aliphatic imine (C=N–C) groups is 1. The summed E-state index contributed by atoms with van der Waals surface area (Å²) in [5.74, 6) is 1.00. The van der Waals surface area contributed by atoms with Crippen LogP contribution in [0.3, 0.4) is 0 Å². The average Bonchev–Trinajstić information content (AvgIpc) is 3.44. The highest BCUT2D eigenvalue weighted by Gasteiger charge is 2.37. The van der Waals surface area contributed by atoms with Gasteiger partial charge in [0.1, 0.15) is 4.90 Å². The van der Waals surface area contributed by atoms with Gasteiger partial charge in [-0.15, -0.1) is 0 Å². The van der Waals surface area contributed by atoms with Gasteiger partial charge in [-0.05, 0) is 84.5 Å². The van der Waals surface area contributed by atoms with Crippen molar-refractivity contribution >= 4 is 39.3 Å². The highest BCUT2D eigenvalue weighted by atomic mass is 35.5. The standard InChI is InChI=1S/C32H27ClN2O3S/c1-21-9-16-25(17-10-21)39(36,37)38-31-18-11-22(19-29(31)33)20-34-24-14-12-23(13-15-24)32-28-7-4-6-26(28)27-5-2-3-8-30(27)35-32/h2-6,8-20,26,28,32,35H,7H2,1H3/t26-,28+,32-/m0/s1. The van der Waals surface area contributed by atoms with Crippen molar-refractivity contribution in [2.75, 3.05) is 5.32 Å². The second kappa shape index (κ2) is 10.4. The highest BCUT2D eigenvalue weighted by molar-refractivity contribution is 7.87. The van der Waals surface area contributed by atoms with Gasteiger partial charge >= 0.3 is 10.1 Å². The first-order chi connectivity index (χ1) is 18.9. The van der Waals surface area contributed by atoms with Gasteiger partial charge in [-0.1, -0.05) is 71.8 Å². The summed E-state index contributed by atoms with van der Waals surface area (Å²) in [6.45, 7) is 1.89. The van der Waals surface area contributed by atoms with Gasteiger partial charge in [-0.3, -0.25) is 4.99 Å². The van der Waals surface area contributed by atoms with Crippen molar-refractivity contribution in [3.05, 3.63) is 130 Å². The van der Waals surface area contributed by atoms with Gasteiger partial charge in [-0.2, -0.15) is 8.42 Å². The summed E-state index contributed by atoms with van der Waals surface area (Å²) >= 11 is 6.35. The van der Waals surface area contributed by atoms with Gasteiger partial charge in [-0.25, -0.2) is 0 Å². The van der Waals surface area contributed by atoms with Crippen LogP contribution >= 0.6 is 11.6 Å². The molecule has 0 aromatic heterocycles. The number of hydrogen-bond donors (Lipinski definition) is 1. The van der Waals surface area contributed by atoms with Gasteiger partial charge in [0.05, 0.1) is 16.8 Å². The Balaban J connectivity index is 1.15. The topological polar surface area (TPSA) is 67.8 Å². The van der Waals surface area contributed by atoms with Crippen molar-refractivity contribution in [1.29, 1.82) is 0 Å². The molecule has 1 N–H and O–H groups in total. The molecule has 0 spiro atoms. The Hall–Kier alpha value is -3.87. The van der Waals surface area contributed by atoms with Crippen LogP contribution in [-0.4, -0.2) is 14.6 Å². The van der Waals surface area contributed by atoms with Gasteiger partial charge in [0.2, 0.25) is 0 Å². The summed E-state index contributed by atoms with van der Waals surface area (Å²) in [6.07, 6.45) is 7.40. The summed E-state index contributed by atoms with van der Waals surface area (Å²) in [5, 5.41) is 3.94. The van der Waals surface area contributed by atoms with Crippen molar-refractivity contribution in [2.24, 2.45) is 10.9 Å². The lowest BCUT2D eigenvalue weighted by Gasteiger charge is -2.37. The summed E-state index contributed by atoms with van der Waals surface area (Å²) < 4.78 is 30.5. The first kappa shape index (κ1) is 25.4. The van der Waals surface area contributed by atoms with Crippen molar-refractivity contribution in [1.82, 2.24) is 0 Å². The van der Waals surface area contributed by atoms with E-state index in [9.17, 15) is 8.42 Å². The third-order valence-corrected chi connectivity index (χ3v) is 8.90. The Kier molecular flexibility index (Phi) is 6.75. The fourth-order valence-corrected chi connectivity index (χ4v) is 6.55.